The molecule has 2 heteroatoms. The van der Waals surface area contributed by atoms with Crippen LogP contribution in [0.15, 0.2) is 41.4 Å². The molecule has 0 heterocycles. The van der Waals surface area contributed by atoms with Crippen molar-refractivity contribution in [2.75, 3.05) is 0 Å². The highest BCUT2D eigenvalue weighted by Crippen LogP contribution is 2.30. The molecule has 1 aromatic rings. The van der Waals surface area contributed by atoms with Crippen LogP contribution in [0.5, 0.6) is 5.75 Å². The van der Waals surface area contributed by atoms with E-state index in [-0.39, 0.29) is 0 Å². The zero-order valence-electron chi connectivity index (χ0n) is 11.1. The summed E-state index contributed by atoms with van der Waals surface area (Å²) in [7, 11) is 0. The lowest BCUT2D eigenvalue weighted by molar-refractivity contribution is 0.460. The maximum atomic E-state index is 9.99. The van der Waals surface area contributed by atoms with Crippen LogP contribution in [-0.4, -0.2) is 5.11 Å². The lowest BCUT2D eigenvalue weighted by atomic mass is 9.96. The predicted molar refractivity (Wildman–Crippen MR) is 83.2 cm³/mol. The number of rotatable bonds is 4. The molecular weight excluding hydrogens is 288 g/mol. The van der Waals surface area contributed by atoms with E-state index < -0.39 is 0 Å². The number of aryl methyl sites for hydroxylation is 1. The standard InChI is InChI=1S/C16H19BrO/c1-5-14(17)8-6-7-13-9-12(4)16(18)15(10-13)11(2)3/h5-11,18H,1H2,2-4H3/b7-6+,14-8+. The molecule has 0 aliphatic rings. The van der Waals surface area contributed by atoms with Crippen LogP contribution in [0, 0.1) is 6.92 Å². The summed E-state index contributed by atoms with van der Waals surface area (Å²) in [6.45, 7) is 9.75. The summed E-state index contributed by atoms with van der Waals surface area (Å²) in [5.41, 5.74) is 2.99. The number of hydrogen-bond donors (Lipinski definition) is 1. The molecule has 1 nitrogen and oxygen atoms in total. The topological polar surface area (TPSA) is 20.2 Å². The van der Waals surface area contributed by atoms with Gasteiger partial charge in [-0.2, -0.15) is 0 Å². The first-order chi connectivity index (χ1) is 8.45. The minimum Gasteiger partial charge on any atom is -0.507 e. The summed E-state index contributed by atoms with van der Waals surface area (Å²) < 4.78 is 0.943. The van der Waals surface area contributed by atoms with Crippen molar-refractivity contribution >= 4 is 22.0 Å². The van der Waals surface area contributed by atoms with Crippen LogP contribution in [0.4, 0.5) is 0 Å². The lowest BCUT2D eigenvalue weighted by Crippen LogP contribution is -1.91. The number of phenolic OH excluding ortho intramolecular Hbond substituents is 1. The maximum absolute atomic E-state index is 9.99. The highest BCUT2D eigenvalue weighted by Gasteiger charge is 2.08. The van der Waals surface area contributed by atoms with Gasteiger partial charge in [0.05, 0.1) is 0 Å². The molecule has 0 saturated heterocycles. The van der Waals surface area contributed by atoms with E-state index in [9.17, 15) is 5.11 Å². The number of halogens is 1. The Labute approximate surface area is 118 Å². The fraction of sp³-hybridized carbons (Fsp3) is 0.250. The Hall–Kier alpha value is -1.28. The molecule has 0 radical (unpaired) electrons. The van der Waals surface area contributed by atoms with Crippen molar-refractivity contribution in [2.45, 2.75) is 26.7 Å². The van der Waals surface area contributed by atoms with Crippen LogP contribution < -0.4 is 0 Å². The van der Waals surface area contributed by atoms with Crippen molar-refractivity contribution < 1.29 is 5.11 Å². The summed E-state index contributed by atoms with van der Waals surface area (Å²) in [6, 6.07) is 4.01. The molecular formula is C16H19BrO. The first-order valence-electron chi connectivity index (χ1n) is 5.95. The molecule has 0 unspecified atom stereocenters. The van der Waals surface area contributed by atoms with Crippen molar-refractivity contribution in [3.63, 3.8) is 0 Å². The van der Waals surface area contributed by atoms with Gasteiger partial charge in [-0.3, -0.25) is 0 Å². The van der Waals surface area contributed by atoms with Crippen molar-refractivity contribution in [3.05, 3.63) is 58.1 Å². The molecule has 0 aliphatic carbocycles. The molecule has 0 saturated carbocycles. The normalized spacial score (nSPS) is 12.4. The van der Waals surface area contributed by atoms with Crippen molar-refractivity contribution in [1.29, 1.82) is 0 Å². The smallest absolute Gasteiger partial charge is 0.121 e. The van der Waals surface area contributed by atoms with Gasteiger partial charge in [0.2, 0.25) is 0 Å². The zero-order chi connectivity index (χ0) is 13.7. The fourth-order valence-corrected chi connectivity index (χ4v) is 1.84. The van der Waals surface area contributed by atoms with E-state index in [1.807, 2.05) is 37.3 Å². The third kappa shape index (κ3) is 3.88. The monoisotopic (exact) mass is 306 g/mol. The number of allylic oxidation sites excluding steroid dienone is 4. The zero-order valence-corrected chi connectivity index (χ0v) is 12.7. The minimum absolute atomic E-state index is 0.313. The second kappa shape index (κ2) is 6.60. The van der Waals surface area contributed by atoms with Gasteiger partial charge in [0.15, 0.2) is 0 Å². The van der Waals surface area contributed by atoms with Crippen molar-refractivity contribution in [2.24, 2.45) is 0 Å². The molecule has 0 aromatic heterocycles. The van der Waals surface area contributed by atoms with E-state index in [0.717, 1.165) is 21.2 Å². The Morgan fingerprint density at radius 3 is 2.61 bits per heavy atom. The van der Waals surface area contributed by atoms with Crippen molar-refractivity contribution in [1.82, 2.24) is 0 Å². The molecule has 0 fully saturated rings. The van der Waals surface area contributed by atoms with Crippen LogP contribution in [0.2, 0.25) is 0 Å². The third-order valence-electron chi connectivity index (χ3n) is 2.71. The predicted octanol–water partition coefficient (Wildman–Crippen LogP) is 5.30. The average Bonchev–Trinajstić information content (AvgIpc) is 2.32. The second-order valence-corrected chi connectivity index (χ2v) is 5.46. The van der Waals surface area contributed by atoms with E-state index in [1.165, 1.54) is 0 Å². The highest BCUT2D eigenvalue weighted by molar-refractivity contribution is 9.11. The first kappa shape index (κ1) is 14.8. The number of phenols is 1. The van der Waals surface area contributed by atoms with E-state index in [2.05, 4.69) is 36.4 Å². The first-order valence-corrected chi connectivity index (χ1v) is 6.74. The third-order valence-corrected chi connectivity index (χ3v) is 3.30. The van der Waals surface area contributed by atoms with E-state index in [1.54, 1.807) is 6.08 Å². The number of benzene rings is 1. The minimum atomic E-state index is 0.313. The molecule has 0 atom stereocenters. The Kier molecular flexibility index (Phi) is 5.42. The summed E-state index contributed by atoms with van der Waals surface area (Å²) in [5, 5.41) is 9.99. The molecule has 0 aliphatic heterocycles. The van der Waals surface area contributed by atoms with Gasteiger partial charge in [0.25, 0.3) is 0 Å². The molecule has 0 spiro atoms. The molecule has 1 N–H and O–H groups in total. The fourth-order valence-electron chi connectivity index (χ4n) is 1.69. The van der Waals surface area contributed by atoms with Gasteiger partial charge in [-0.05, 0) is 47.7 Å². The summed E-state index contributed by atoms with van der Waals surface area (Å²) in [4.78, 5) is 0. The van der Waals surface area contributed by atoms with Crippen molar-refractivity contribution in [3.8, 4) is 5.75 Å². The van der Waals surface area contributed by atoms with Gasteiger partial charge in [0, 0.05) is 4.48 Å². The SMILES string of the molecule is C=C/C(Br)=C\C=C\c1cc(C)c(O)c(C(C)C)c1. The molecule has 0 amide bonds. The molecule has 1 aromatic carbocycles. The highest BCUT2D eigenvalue weighted by atomic mass is 79.9. The van der Waals surface area contributed by atoms with E-state index in [4.69, 9.17) is 0 Å². The Morgan fingerprint density at radius 1 is 1.39 bits per heavy atom. The Balaban J connectivity index is 3.08. The van der Waals surface area contributed by atoms with Gasteiger partial charge < -0.3 is 5.11 Å². The van der Waals surface area contributed by atoms with Gasteiger partial charge in [-0.25, -0.2) is 0 Å². The number of hydrogen-bond acceptors (Lipinski definition) is 1. The van der Waals surface area contributed by atoms with Crippen LogP contribution in [0.3, 0.4) is 0 Å². The van der Waals surface area contributed by atoms with Gasteiger partial charge in [-0.1, -0.05) is 54.6 Å². The Morgan fingerprint density at radius 2 is 2.06 bits per heavy atom. The van der Waals surface area contributed by atoms with Gasteiger partial charge >= 0.3 is 0 Å². The average molecular weight is 307 g/mol. The van der Waals surface area contributed by atoms with Crippen LogP contribution in [0.1, 0.15) is 36.5 Å². The Bertz CT molecular complexity index is 496. The van der Waals surface area contributed by atoms with Crippen LogP contribution >= 0.6 is 15.9 Å². The molecule has 96 valence electrons. The summed E-state index contributed by atoms with van der Waals surface area (Å²) in [5.74, 6) is 0.720. The van der Waals surface area contributed by atoms with E-state index in [0.29, 0.717) is 11.7 Å². The van der Waals surface area contributed by atoms with Crippen LogP contribution in [-0.2, 0) is 0 Å². The lowest BCUT2D eigenvalue weighted by Gasteiger charge is -2.11. The molecule has 1 rings (SSSR count). The summed E-state index contributed by atoms with van der Waals surface area (Å²) >= 11 is 3.37. The van der Waals surface area contributed by atoms with E-state index >= 15 is 0 Å². The second-order valence-electron chi connectivity index (χ2n) is 4.55. The van der Waals surface area contributed by atoms with Gasteiger partial charge in [0.1, 0.15) is 5.75 Å². The maximum Gasteiger partial charge on any atom is 0.121 e. The molecule has 18 heavy (non-hydrogen) atoms. The quantitative estimate of drug-likeness (QED) is 0.748. The van der Waals surface area contributed by atoms with Gasteiger partial charge in [-0.15, -0.1) is 0 Å². The number of aromatic hydroxyl groups is 1. The molecule has 0 bridgehead atoms. The van der Waals surface area contributed by atoms with Crippen LogP contribution in [0.25, 0.3) is 6.08 Å². The largest absolute Gasteiger partial charge is 0.507 e. The summed E-state index contributed by atoms with van der Waals surface area (Å²) in [6.07, 6.45) is 7.65.